The molecule has 208 valence electrons. The minimum absolute atomic E-state index is 0.0143. The van der Waals surface area contributed by atoms with Gasteiger partial charge in [-0.1, -0.05) is 31.0 Å². The number of nitrogens with zero attached hydrogens (tertiary/aromatic N) is 1. The summed E-state index contributed by atoms with van der Waals surface area (Å²) in [5.74, 6) is -0.685. The van der Waals surface area contributed by atoms with Gasteiger partial charge in [0.05, 0.1) is 10.5 Å². The lowest BCUT2D eigenvalue weighted by molar-refractivity contribution is -0.137. The lowest BCUT2D eigenvalue weighted by Crippen LogP contribution is -2.35. The molecule has 0 bridgehead atoms. The van der Waals surface area contributed by atoms with Crippen LogP contribution in [0.3, 0.4) is 0 Å². The highest BCUT2D eigenvalue weighted by molar-refractivity contribution is 7.90. The Kier molecular flexibility index (Phi) is 8.31. The number of hydrogen-bond acceptors (Lipinski definition) is 5. The van der Waals surface area contributed by atoms with Crippen molar-refractivity contribution in [2.75, 3.05) is 6.26 Å². The highest BCUT2D eigenvalue weighted by Crippen LogP contribution is 2.30. The Labute approximate surface area is 225 Å². The number of amides is 1. The van der Waals surface area contributed by atoms with Gasteiger partial charge < -0.3 is 10.6 Å². The molecule has 11 heteroatoms. The number of rotatable bonds is 8. The minimum atomic E-state index is -4.60. The molecule has 3 aromatic rings. The van der Waals surface area contributed by atoms with Gasteiger partial charge in [-0.15, -0.1) is 0 Å². The summed E-state index contributed by atoms with van der Waals surface area (Å²) < 4.78 is 64.8. The average molecular weight is 562 g/mol. The first-order valence-corrected chi connectivity index (χ1v) is 14.5. The number of benzene rings is 2. The van der Waals surface area contributed by atoms with Gasteiger partial charge in [0, 0.05) is 36.8 Å². The molecule has 2 N–H and O–H groups in total. The van der Waals surface area contributed by atoms with E-state index in [0.29, 0.717) is 29.4 Å². The first kappa shape index (κ1) is 28.6. The molecule has 0 radical (unpaired) electrons. The molecule has 0 spiro atoms. The SMILES string of the molecule is Cc1c(CNC2CCCC2)cc(C(=O)NCc2ccc(S(C)(=O)=O)cc2)c(=O)n1-c1cccc(C(F)(F)F)c1. The van der Waals surface area contributed by atoms with Gasteiger partial charge in [0.25, 0.3) is 11.5 Å². The molecule has 0 atom stereocenters. The monoisotopic (exact) mass is 561 g/mol. The molecule has 0 unspecified atom stereocenters. The molecule has 1 fully saturated rings. The number of alkyl halides is 3. The van der Waals surface area contributed by atoms with E-state index in [4.69, 9.17) is 0 Å². The van der Waals surface area contributed by atoms with Gasteiger partial charge in [0.2, 0.25) is 0 Å². The molecular formula is C28H30F3N3O4S. The van der Waals surface area contributed by atoms with E-state index < -0.39 is 33.0 Å². The quantitative estimate of drug-likeness (QED) is 0.421. The van der Waals surface area contributed by atoms with Gasteiger partial charge in [0.15, 0.2) is 9.84 Å². The van der Waals surface area contributed by atoms with E-state index in [1.165, 1.54) is 30.3 Å². The van der Waals surface area contributed by atoms with Gasteiger partial charge in [-0.3, -0.25) is 14.2 Å². The zero-order chi connectivity index (χ0) is 28.4. The van der Waals surface area contributed by atoms with Crippen LogP contribution >= 0.6 is 0 Å². The third kappa shape index (κ3) is 6.77. The zero-order valence-corrected chi connectivity index (χ0v) is 22.5. The van der Waals surface area contributed by atoms with Gasteiger partial charge in [0.1, 0.15) is 5.56 Å². The van der Waals surface area contributed by atoms with E-state index in [-0.39, 0.29) is 22.7 Å². The highest BCUT2D eigenvalue weighted by Gasteiger charge is 2.31. The fourth-order valence-electron chi connectivity index (χ4n) is 4.75. The number of carbonyl (C=O) groups is 1. The number of sulfone groups is 1. The van der Waals surface area contributed by atoms with Crippen LogP contribution in [0.2, 0.25) is 0 Å². The maximum atomic E-state index is 13.5. The van der Waals surface area contributed by atoms with Crippen molar-refractivity contribution in [3.8, 4) is 5.69 Å². The first-order chi connectivity index (χ1) is 18.3. The van der Waals surface area contributed by atoms with Crippen LogP contribution in [0.25, 0.3) is 5.69 Å². The molecule has 1 amide bonds. The summed E-state index contributed by atoms with van der Waals surface area (Å²) in [7, 11) is -3.37. The van der Waals surface area contributed by atoms with Crippen molar-refractivity contribution in [3.63, 3.8) is 0 Å². The Bertz CT molecular complexity index is 1530. The van der Waals surface area contributed by atoms with Crippen LogP contribution in [0.5, 0.6) is 0 Å². The topological polar surface area (TPSA) is 97.3 Å². The van der Waals surface area contributed by atoms with Crippen molar-refractivity contribution in [1.29, 1.82) is 0 Å². The molecule has 1 aromatic heterocycles. The first-order valence-electron chi connectivity index (χ1n) is 12.6. The Morgan fingerprint density at radius 3 is 2.31 bits per heavy atom. The summed E-state index contributed by atoms with van der Waals surface area (Å²) in [6.45, 7) is 2.02. The number of halogens is 3. The van der Waals surface area contributed by atoms with Gasteiger partial charge >= 0.3 is 6.18 Å². The molecule has 4 rings (SSSR count). The van der Waals surface area contributed by atoms with Crippen LogP contribution in [0.4, 0.5) is 13.2 Å². The number of carbonyl (C=O) groups excluding carboxylic acids is 1. The summed E-state index contributed by atoms with van der Waals surface area (Å²) in [5, 5.41) is 6.11. The van der Waals surface area contributed by atoms with Gasteiger partial charge in [-0.25, -0.2) is 8.42 Å². The van der Waals surface area contributed by atoms with Crippen LogP contribution in [-0.2, 0) is 29.1 Å². The van der Waals surface area contributed by atoms with Crippen molar-refractivity contribution in [1.82, 2.24) is 15.2 Å². The van der Waals surface area contributed by atoms with Crippen molar-refractivity contribution >= 4 is 15.7 Å². The van der Waals surface area contributed by atoms with Crippen molar-refractivity contribution in [2.45, 2.75) is 62.8 Å². The maximum absolute atomic E-state index is 13.5. The molecule has 1 aliphatic carbocycles. The van der Waals surface area contributed by atoms with E-state index in [1.54, 1.807) is 19.1 Å². The molecule has 39 heavy (non-hydrogen) atoms. The Morgan fingerprint density at radius 2 is 1.69 bits per heavy atom. The van der Waals surface area contributed by atoms with Crippen molar-refractivity contribution < 1.29 is 26.4 Å². The lowest BCUT2D eigenvalue weighted by Gasteiger charge is -2.19. The summed E-state index contributed by atoms with van der Waals surface area (Å²) in [6, 6.07) is 12.2. The Balaban J connectivity index is 1.68. The third-order valence-electron chi connectivity index (χ3n) is 6.97. The lowest BCUT2D eigenvalue weighted by atomic mass is 10.1. The van der Waals surface area contributed by atoms with Crippen molar-refractivity contribution in [3.05, 3.63) is 92.9 Å². The summed E-state index contributed by atoms with van der Waals surface area (Å²) in [5.41, 5.74) is -0.136. The Hall–Kier alpha value is -3.44. The fourth-order valence-corrected chi connectivity index (χ4v) is 5.38. The van der Waals surface area contributed by atoms with Gasteiger partial charge in [-0.05, 0) is 67.3 Å². The van der Waals surface area contributed by atoms with E-state index >= 15 is 0 Å². The zero-order valence-electron chi connectivity index (χ0n) is 21.6. The van der Waals surface area contributed by atoms with E-state index in [0.717, 1.165) is 48.6 Å². The fraction of sp³-hybridized carbons (Fsp3) is 0.357. The average Bonchev–Trinajstić information content (AvgIpc) is 3.40. The summed E-state index contributed by atoms with van der Waals surface area (Å²) in [4.78, 5) is 26.8. The van der Waals surface area contributed by atoms with Crippen molar-refractivity contribution in [2.24, 2.45) is 0 Å². The van der Waals surface area contributed by atoms with E-state index in [1.807, 2.05) is 0 Å². The molecular weight excluding hydrogens is 531 g/mol. The van der Waals surface area contributed by atoms with E-state index in [9.17, 15) is 31.2 Å². The molecule has 1 aliphatic rings. The molecule has 1 heterocycles. The largest absolute Gasteiger partial charge is 0.416 e. The van der Waals surface area contributed by atoms with Crippen LogP contribution in [0, 0.1) is 6.92 Å². The van der Waals surface area contributed by atoms with E-state index in [2.05, 4.69) is 10.6 Å². The van der Waals surface area contributed by atoms with Crippen LogP contribution in [-0.4, -0.2) is 31.2 Å². The normalized spacial score (nSPS) is 14.5. The standard InChI is InChI=1S/C28H30F3N3O4S/c1-18-20(17-32-22-7-3-4-8-22)14-25(26(35)33-16-19-10-12-24(13-11-19)39(2,37)38)27(36)34(18)23-9-5-6-21(15-23)28(29,30)31/h5-6,9-15,22,32H,3-4,7-8,16-17H2,1-2H3,(H,33,35). The molecule has 2 aromatic carbocycles. The number of aromatic nitrogens is 1. The third-order valence-corrected chi connectivity index (χ3v) is 8.10. The van der Waals surface area contributed by atoms with Crippen LogP contribution < -0.4 is 16.2 Å². The molecule has 0 aliphatic heterocycles. The molecule has 0 saturated heterocycles. The van der Waals surface area contributed by atoms with Crippen LogP contribution in [0.1, 0.15) is 58.4 Å². The van der Waals surface area contributed by atoms with Crippen LogP contribution in [0.15, 0.2) is 64.3 Å². The minimum Gasteiger partial charge on any atom is -0.348 e. The number of hydrogen-bond donors (Lipinski definition) is 2. The predicted molar refractivity (Wildman–Crippen MR) is 142 cm³/mol. The highest BCUT2D eigenvalue weighted by atomic mass is 32.2. The number of nitrogens with one attached hydrogen (secondary N) is 2. The number of pyridine rings is 1. The summed E-state index contributed by atoms with van der Waals surface area (Å²) in [6.07, 6.45) is 0.742. The second kappa shape index (κ2) is 11.4. The predicted octanol–water partition coefficient (Wildman–Crippen LogP) is 4.53. The second-order valence-electron chi connectivity index (χ2n) is 9.82. The second-order valence-corrected chi connectivity index (χ2v) is 11.8. The molecule has 1 saturated carbocycles. The maximum Gasteiger partial charge on any atom is 0.416 e. The Morgan fingerprint density at radius 1 is 1.03 bits per heavy atom. The smallest absolute Gasteiger partial charge is 0.348 e. The summed E-state index contributed by atoms with van der Waals surface area (Å²) >= 11 is 0. The molecule has 7 nitrogen and oxygen atoms in total. The van der Waals surface area contributed by atoms with Gasteiger partial charge in [-0.2, -0.15) is 13.2 Å².